The van der Waals surface area contributed by atoms with Crippen LogP contribution in [0.25, 0.3) is 0 Å². The van der Waals surface area contributed by atoms with Crippen LogP contribution in [0.2, 0.25) is 0 Å². The van der Waals surface area contributed by atoms with Crippen LogP contribution in [0.15, 0.2) is 42.6 Å². The third-order valence-electron chi connectivity index (χ3n) is 2.78. The van der Waals surface area contributed by atoms with Crippen molar-refractivity contribution in [3.8, 4) is 5.88 Å². The second-order valence-corrected chi connectivity index (χ2v) is 5.70. The maximum atomic E-state index is 12.2. The summed E-state index contributed by atoms with van der Waals surface area (Å²) < 4.78 is 42.1. The molecule has 0 fully saturated rings. The highest BCUT2D eigenvalue weighted by molar-refractivity contribution is 14.1. The first-order valence-corrected chi connectivity index (χ1v) is 7.61. The molecule has 8 heteroatoms. The summed E-state index contributed by atoms with van der Waals surface area (Å²) in [7, 11) is 0. The van der Waals surface area contributed by atoms with Gasteiger partial charge in [0.25, 0.3) is 5.91 Å². The molecule has 0 unspecified atom stereocenters. The normalized spacial score (nSPS) is 11.1. The first-order valence-electron chi connectivity index (χ1n) is 6.53. The molecular formula is C15H12F3IN2O2. The van der Waals surface area contributed by atoms with Gasteiger partial charge in [0.15, 0.2) is 6.61 Å². The van der Waals surface area contributed by atoms with Crippen molar-refractivity contribution in [3.63, 3.8) is 0 Å². The van der Waals surface area contributed by atoms with E-state index in [9.17, 15) is 18.0 Å². The summed E-state index contributed by atoms with van der Waals surface area (Å²) in [5, 5.41) is 2.65. The van der Waals surface area contributed by atoms with Crippen molar-refractivity contribution in [2.24, 2.45) is 0 Å². The molecule has 0 aliphatic heterocycles. The largest absolute Gasteiger partial charge is 0.468 e. The number of carbonyl (C=O) groups excluding carboxylic acids is 1. The van der Waals surface area contributed by atoms with Gasteiger partial charge < -0.3 is 10.1 Å². The molecule has 1 amide bonds. The number of aromatic nitrogens is 1. The minimum atomic E-state index is -4.45. The molecular weight excluding hydrogens is 424 g/mol. The highest BCUT2D eigenvalue weighted by Gasteiger charge is 2.29. The van der Waals surface area contributed by atoms with E-state index in [0.29, 0.717) is 11.1 Å². The lowest BCUT2D eigenvalue weighted by atomic mass is 10.2. The summed E-state index contributed by atoms with van der Waals surface area (Å²) in [5.74, 6) is -0.464. The zero-order chi connectivity index (χ0) is 16.9. The summed E-state index contributed by atoms with van der Waals surface area (Å²) in [6.07, 6.45) is -3.12. The second-order valence-electron chi connectivity index (χ2n) is 4.53. The van der Waals surface area contributed by atoms with E-state index in [-0.39, 0.29) is 18.3 Å². The van der Waals surface area contributed by atoms with Crippen LogP contribution in [0.3, 0.4) is 0 Å². The van der Waals surface area contributed by atoms with Crippen molar-refractivity contribution in [2.45, 2.75) is 12.7 Å². The molecule has 1 aromatic heterocycles. The van der Waals surface area contributed by atoms with Crippen LogP contribution in [0.4, 0.5) is 13.2 Å². The number of alkyl halides is 3. The van der Waals surface area contributed by atoms with Gasteiger partial charge in [0.2, 0.25) is 5.88 Å². The summed E-state index contributed by atoms with van der Waals surface area (Å²) in [6, 6.07) is 10.1. The van der Waals surface area contributed by atoms with Gasteiger partial charge in [0, 0.05) is 21.9 Å². The lowest BCUT2D eigenvalue weighted by Gasteiger charge is -2.12. The third kappa shape index (κ3) is 5.38. The van der Waals surface area contributed by atoms with Gasteiger partial charge in [-0.2, -0.15) is 13.2 Å². The lowest BCUT2D eigenvalue weighted by Crippen LogP contribution is -2.25. The van der Waals surface area contributed by atoms with Crippen LogP contribution in [0.1, 0.15) is 15.9 Å². The van der Waals surface area contributed by atoms with Gasteiger partial charge in [0.1, 0.15) is 0 Å². The quantitative estimate of drug-likeness (QED) is 0.730. The number of halogens is 4. The summed E-state index contributed by atoms with van der Waals surface area (Å²) in [5.41, 5.74) is 0.866. The second kappa shape index (κ2) is 7.62. The van der Waals surface area contributed by atoms with Gasteiger partial charge in [0.05, 0.1) is 5.56 Å². The van der Waals surface area contributed by atoms with Crippen LogP contribution < -0.4 is 10.1 Å². The molecule has 4 nitrogen and oxygen atoms in total. The molecule has 1 N–H and O–H groups in total. The van der Waals surface area contributed by atoms with Gasteiger partial charge >= 0.3 is 6.18 Å². The molecule has 0 bridgehead atoms. The van der Waals surface area contributed by atoms with Gasteiger partial charge in [-0.15, -0.1) is 0 Å². The van der Waals surface area contributed by atoms with Crippen LogP contribution in [0, 0.1) is 3.57 Å². The van der Waals surface area contributed by atoms with Crippen molar-refractivity contribution in [1.29, 1.82) is 0 Å². The smallest absolute Gasteiger partial charge is 0.422 e. The van der Waals surface area contributed by atoms with Gasteiger partial charge in [-0.3, -0.25) is 4.79 Å². The number of ether oxygens (including phenoxy) is 1. The van der Waals surface area contributed by atoms with Crippen LogP contribution in [-0.4, -0.2) is 23.7 Å². The minimum absolute atomic E-state index is 0.0187. The molecule has 0 aliphatic rings. The molecule has 1 aromatic carbocycles. The Morgan fingerprint density at radius 1 is 1.22 bits per heavy atom. The van der Waals surface area contributed by atoms with Crippen molar-refractivity contribution >= 4 is 28.5 Å². The van der Waals surface area contributed by atoms with E-state index in [4.69, 9.17) is 0 Å². The molecule has 23 heavy (non-hydrogen) atoms. The average molecular weight is 436 g/mol. The van der Waals surface area contributed by atoms with Gasteiger partial charge in [-0.05, 0) is 40.8 Å². The number of pyridine rings is 1. The molecule has 2 rings (SSSR count). The number of hydrogen-bond acceptors (Lipinski definition) is 3. The topological polar surface area (TPSA) is 51.2 Å². The monoisotopic (exact) mass is 436 g/mol. The highest BCUT2D eigenvalue weighted by Crippen LogP contribution is 2.20. The van der Waals surface area contributed by atoms with E-state index >= 15 is 0 Å². The fraction of sp³-hybridized carbons (Fsp3) is 0.200. The maximum absolute atomic E-state index is 12.2. The fourth-order valence-corrected chi connectivity index (χ4v) is 2.39. The van der Waals surface area contributed by atoms with E-state index in [1.807, 2.05) is 28.7 Å². The molecule has 0 aliphatic carbocycles. The van der Waals surface area contributed by atoms with Gasteiger partial charge in [-0.25, -0.2) is 4.98 Å². The minimum Gasteiger partial charge on any atom is -0.468 e. The molecule has 1 heterocycles. The lowest BCUT2D eigenvalue weighted by molar-refractivity contribution is -0.154. The summed E-state index contributed by atoms with van der Waals surface area (Å²) >= 11 is 2.04. The van der Waals surface area contributed by atoms with Crippen molar-refractivity contribution in [2.75, 3.05) is 6.61 Å². The van der Waals surface area contributed by atoms with E-state index < -0.39 is 12.8 Å². The van der Waals surface area contributed by atoms with Crippen LogP contribution in [-0.2, 0) is 6.54 Å². The number of benzene rings is 1. The Kier molecular flexibility index (Phi) is 5.80. The van der Waals surface area contributed by atoms with Gasteiger partial charge in [-0.1, -0.05) is 18.2 Å². The summed E-state index contributed by atoms with van der Waals surface area (Å²) in [4.78, 5) is 15.9. The number of nitrogens with zero attached hydrogens (tertiary/aromatic N) is 1. The Morgan fingerprint density at radius 3 is 2.65 bits per heavy atom. The zero-order valence-electron chi connectivity index (χ0n) is 11.7. The van der Waals surface area contributed by atoms with Crippen molar-refractivity contribution < 1.29 is 22.7 Å². The Bertz CT molecular complexity index is 692. The molecule has 0 saturated carbocycles. The van der Waals surface area contributed by atoms with E-state index in [0.717, 1.165) is 3.57 Å². The van der Waals surface area contributed by atoms with Crippen molar-refractivity contribution in [1.82, 2.24) is 10.3 Å². The standard InChI is InChI=1S/C15H12F3IN2O2/c16-15(17,18)9-23-14-10(4-3-7-20-14)8-21-13(22)11-5-1-2-6-12(11)19/h1-7H,8-9H2,(H,21,22). The average Bonchev–Trinajstić information content (AvgIpc) is 2.51. The molecule has 0 radical (unpaired) electrons. The van der Waals surface area contributed by atoms with Crippen LogP contribution in [0.5, 0.6) is 5.88 Å². The fourth-order valence-electron chi connectivity index (χ4n) is 1.75. The predicted molar refractivity (Wildman–Crippen MR) is 86.1 cm³/mol. The number of hydrogen-bond donors (Lipinski definition) is 1. The Labute approximate surface area is 144 Å². The Hall–Kier alpha value is -1.84. The maximum Gasteiger partial charge on any atom is 0.422 e. The van der Waals surface area contributed by atoms with Crippen LogP contribution >= 0.6 is 22.6 Å². The van der Waals surface area contributed by atoms with Crippen molar-refractivity contribution in [3.05, 3.63) is 57.3 Å². The molecule has 2 aromatic rings. The number of carbonyl (C=O) groups is 1. The van der Waals surface area contributed by atoms with E-state index in [2.05, 4.69) is 15.0 Å². The summed E-state index contributed by atoms with van der Waals surface area (Å²) in [6.45, 7) is -1.41. The van der Waals surface area contributed by atoms with E-state index in [1.54, 1.807) is 30.3 Å². The molecule has 0 saturated heterocycles. The number of amides is 1. The Balaban J connectivity index is 2.03. The van der Waals surface area contributed by atoms with E-state index in [1.165, 1.54) is 6.20 Å². The third-order valence-corrected chi connectivity index (χ3v) is 3.72. The zero-order valence-corrected chi connectivity index (χ0v) is 13.9. The predicted octanol–water partition coefficient (Wildman–Crippen LogP) is 3.56. The first kappa shape index (κ1) is 17.5. The molecule has 0 spiro atoms. The Morgan fingerprint density at radius 2 is 1.96 bits per heavy atom. The molecule has 122 valence electrons. The number of nitrogens with one attached hydrogen (secondary N) is 1. The SMILES string of the molecule is O=C(NCc1cccnc1OCC(F)(F)F)c1ccccc1I. The molecule has 0 atom stereocenters. The first-order chi connectivity index (χ1) is 10.9. The number of rotatable bonds is 5. The highest BCUT2D eigenvalue weighted by atomic mass is 127.